The van der Waals surface area contributed by atoms with Gasteiger partial charge in [-0.15, -0.1) is 39.5 Å². The van der Waals surface area contributed by atoms with E-state index in [0.717, 1.165) is 176 Å². The van der Waals surface area contributed by atoms with Crippen LogP contribution in [0.15, 0.2) is 218 Å². The summed E-state index contributed by atoms with van der Waals surface area (Å²) in [6.07, 6.45) is 24.2. The smallest absolute Gasteiger partial charge is 0.306 e. The van der Waals surface area contributed by atoms with E-state index in [-0.39, 0.29) is 40.2 Å². The zero-order chi connectivity index (χ0) is 101. The van der Waals surface area contributed by atoms with Crippen LogP contribution < -0.4 is 4.74 Å². The molecule has 1 aliphatic rings. The zero-order valence-electron chi connectivity index (χ0n) is 83.9. The van der Waals surface area contributed by atoms with Gasteiger partial charge in [-0.1, -0.05) is 272 Å². The maximum Gasteiger partial charge on any atom is 0.306 e. The molecule has 0 fully saturated rings. The van der Waals surface area contributed by atoms with Crippen molar-refractivity contribution in [1.82, 2.24) is 57.4 Å². The highest BCUT2D eigenvalue weighted by Gasteiger charge is 2.43. The number of phenolic OH excluding ortho intramolecular Hbond substituents is 6. The Balaban J connectivity index is 0.000000129. The van der Waals surface area contributed by atoms with Crippen LogP contribution in [-0.2, 0) is 33.2 Å². The minimum atomic E-state index is -0.220. The van der Waals surface area contributed by atoms with E-state index >= 15 is 0 Å². The van der Waals surface area contributed by atoms with Crippen molar-refractivity contribution in [2.24, 2.45) is 0 Å². The number of carbonyl (C=O) groups is 1. The lowest BCUT2D eigenvalue weighted by Crippen LogP contribution is -2.14. The number of aromatic nitrogens is 12. The first-order valence-corrected chi connectivity index (χ1v) is 52.0. The molecule has 0 bridgehead atoms. The Kier molecular flexibility index (Phi) is 32.0. The fraction of sp³-hybridized carbons (Fsp3) is 0.342. The molecule has 1 aliphatic heterocycles. The predicted molar refractivity (Wildman–Crippen MR) is 579 cm³/mol. The van der Waals surface area contributed by atoms with Gasteiger partial charge in [0.2, 0.25) is 0 Å². The molecule has 21 nitrogen and oxygen atoms in total. The van der Waals surface area contributed by atoms with Gasteiger partial charge in [0, 0.05) is 38.2 Å². The molecular weight excluding hydrogens is 1860 g/mol. The first kappa shape index (κ1) is 102. The highest BCUT2D eigenvalue weighted by atomic mass is 35.5. The molecule has 0 saturated heterocycles. The summed E-state index contributed by atoms with van der Waals surface area (Å²) >= 11 is 20.0. The van der Waals surface area contributed by atoms with Gasteiger partial charge in [-0.05, 0) is 273 Å². The molecule has 1 atom stereocenters. The number of fused-ring (bicyclic) bond motifs is 13. The topological polar surface area (TPSA) is 246 Å². The lowest BCUT2D eigenvalue weighted by Gasteiger charge is -2.23. The largest absolute Gasteiger partial charge is 0.507 e. The fourth-order valence-corrected chi connectivity index (χ4v) is 20.0. The number of benzene rings is 12. The number of carbonyl (C=O) groups excluding carboxylic acids is 1. The van der Waals surface area contributed by atoms with E-state index in [0.29, 0.717) is 81.9 Å². The average molecular weight is 1990 g/mol. The molecule has 20 rings (SSSR count). The molecule has 25 heteroatoms. The number of thiazole rings is 1. The molecule has 740 valence electrons. The van der Waals surface area contributed by atoms with Crippen LogP contribution >= 0.6 is 46.1 Å². The molecule has 6 N–H and O–H groups in total. The number of unbranched alkanes of at least 4 members (excludes halogenated alkanes) is 15. The number of rotatable bonds is 33. The van der Waals surface area contributed by atoms with Gasteiger partial charge in [0.25, 0.3) is 0 Å². The van der Waals surface area contributed by atoms with E-state index in [1.165, 1.54) is 94.6 Å². The Morgan fingerprint density at radius 3 is 1.46 bits per heavy atom. The number of aryl methyl sites for hydroxylation is 7. The number of phenols is 6. The molecule has 0 spiro atoms. The summed E-state index contributed by atoms with van der Waals surface area (Å²) in [4.78, 5) is 35.0. The van der Waals surface area contributed by atoms with Crippen LogP contribution in [0.2, 0.25) is 15.1 Å². The standard InChI is InChI=1S/C28H37ClN2O3.C28H29N3O3.C25H34ClN3O.C19H13NOS.C17H18ClN3O/c1-5-6-7-8-9-10-15-34-25(32)14-11-19-16-21(26(33)22(17-19)28(2,3)4)27-30-23-13-12-20(29)18-24(23)31(27)30;1-5-6-13-34-20-9-12-21(19(4)16-20)26-29-27(22-10-7-17(2)14-24(22)32)31-28(30-26)23-11-8-18(3)15-25(23)33;1-3-4-5-6-7-8-9-10-11-12-13-20-16-19(2)17-24(25(20)30)29-27-22-15-14-21(26)18-23(22)28(27)29;21-17-9-5-4-8-15(17)19-20-16-12-14(10-11-18(16)22-19)13-6-2-1-3-7-13;1-10-7-12(17(2,3)4)16(22)15(8-10)21-19-13-6-5-11(18)9-14(13)20(19)21/h12-13,16-18,27,33H,5-11,14-15H2,1-4H3;7-12,14-16,32-33H,5-6,13H2,1-4H3;14-18,30H,3-13H2,1-2H3;1-12,21H;5-9,22H,1-4H3. The number of hydrogen-bond donors (Lipinski definition) is 6. The number of nitrogens with zero attached hydrogens (tertiary/aromatic N) is 12. The first-order chi connectivity index (χ1) is 68.3. The number of esters is 1. The van der Waals surface area contributed by atoms with Crippen molar-refractivity contribution < 1.29 is 44.9 Å². The molecule has 19 aromatic rings. The van der Waals surface area contributed by atoms with Crippen LogP contribution in [0.5, 0.6) is 40.2 Å². The van der Waals surface area contributed by atoms with Gasteiger partial charge in [-0.3, -0.25) is 14.2 Å². The molecule has 7 aromatic heterocycles. The number of halogens is 3. The van der Waals surface area contributed by atoms with Crippen LogP contribution in [0.1, 0.15) is 246 Å². The third kappa shape index (κ3) is 23.3. The maximum absolute atomic E-state index is 12.3. The van der Waals surface area contributed by atoms with E-state index in [1.807, 2.05) is 184 Å². The summed E-state index contributed by atoms with van der Waals surface area (Å²) in [5.41, 5.74) is 23.8. The van der Waals surface area contributed by atoms with Crippen molar-refractivity contribution >= 4 is 95.4 Å². The summed E-state index contributed by atoms with van der Waals surface area (Å²) < 4.78 is 24.8. The Hall–Kier alpha value is -13.1. The van der Waals surface area contributed by atoms with Gasteiger partial charge < -0.3 is 40.1 Å². The molecule has 0 amide bonds. The second-order valence-corrected chi connectivity index (χ2v) is 42.1. The van der Waals surface area contributed by atoms with Crippen LogP contribution in [-0.4, -0.2) is 107 Å². The summed E-state index contributed by atoms with van der Waals surface area (Å²) in [5, 5.41) is 67.0. The minimum Gasteiger partial charge on any atom is -0.507 e. The molecule has 0 radical (unpaired) electrons. The van der Waals surface area contributed by atoms with Crippen LogP contribution in [0.4, 0.5) is 0 Å². The van der Waals surface area contributed by atoms with Crippen molar-refractivity contribution in [2.75, 3.05) is 13.2 Å². The van der Waals surface area contributed by atoms with Gasteiger partial charge in [0.15, 0.2) is 23.6 Å². The van der Waals surface area contributed by atoms with Crippen molar-refractivity contribution in [1.29, 1.82) is 0 Å². The Morgan fingerprint density at radius 2 is 0.894 bits per heavy atom. The quantitative estimate of drug-likeness (QED) is 0.0166. The number of aromatic hydroxyl groups is 6. The summed E-state index contributed by atoms with van der Waals surface area (Å²) in [7, 11) is 0. The molecule has 142 heavy (non-hydrogen) atoms. The van der Waals surface area contributed by atoms with E-state index in [4.69, 9.17) is 54.2 Å². The summed E-state index contributed by atoms with van der Waals surface area (Å²) in [5.74, 6) is 3.30. The van der Waals surface area contributed by atoms with Gasteiger partial charge in [0.05, 0.1) is 51.2 Å². The summed E-state index contributed by atoms with van der Waals surface area (Å²) in [6.45, 7) is 30.4. The third-order valence-electron chi connectivity index (χ3n) is 26.3. The van der Waals surface area contributed by atoms with E-state index in [1.54, 1.807) is 41.7 Å². The highest BCUT2D eigenvalue weighted by molar-refractivity contribution is 7.21. The van der Waals surface area contributed by atoms with E-state index in [2.05, 4.69) is 149 Å². The second kappa shape index (κ2) is 44.6. The van der Waals surface area contributed by atoms with Crippen LogP contribution in [0.25, 0.3) is 111 Å². The lowest BCUT2D eigenvalue weighted by atomic mass is 9.83. The van der Waals surface area contributed by atoms with Gasteiger partial charge in [-0.2, -0.15) is 0 Å². The maximum atomic E-state index is 12.3. The Labute approximate surface area is 850 Å². The number of para-hydroxylation sites is 1. The van der Waals surface area contributed by atoms with Gasteiger partial charge in [0.1, 0.15) is 78.7 Å². The van der Waals surface area contributed by atoms with Crippen molar-refractivity contribution in [2.45, 2.75) is 249 Å². The average Bonchev–Trinajstić information content (AvgIpc) is 1.52. The van der Waals surface area contributed by atoms with Crippen molar-refractivity contribution in [3.8, 4) is 107 Å². The van der Waals surface area contributed by atoms with Crippen LogP contribution in [0.3, 0.4) is 0 Å². The fourth-order valence-electron chi connectivity index (χ4n) is 18.5. The van der Waals surface area contributed by atoms with Crippen LogP contribution in [0, 0.1) is 34.6 Å². The van der Waals surface area contributed by atoms with Crippen molar-refractivity contribution in [3.63, 3.8) is 0 Å². The molecule has 0 aliphatic carbocycles. The normalized spacial score (nSPS) is 12.5. The van der Waals surface area contributed by atoms with Crippen molar-refractivity contribution in [3.05, 3.63) is 289 Å². The van der Waals surface area contributed by atoms with Gasteiger partial charge >= 0.3 is 5.97 Å². The zero-order valence-corrected chi connectivity index (χ0v) is 87.0. The number of ether oxygens (including phenoxy) is 2. The monoisotopic (exact) mass is 1980 g/mol. The molecule has 0 saturated carbocycles. The lowest BCUT2D eigenvalue weighted by molar-refractivity contribution is -0.143. The Morgan fingerprint density at radius 1 is 0.394 bits per heavy atom. The summed E-state index contributed by atoms with van der Waals surface area (Å²) in [6, 6.07) is 70.3. The molecule has 1 unspecified atom stereocenters. The van der Waals surface area contributed by atoms with E-state index in [9.17, 15) is 35.4 Å². The van der Waals surface area contributed by atoms with E-state index < -0.39 is 0 Å². The number of hydrogen-bond acceptors (Lipinski definition) is 14. The third-order valence-corrected chi connectivity index (χ3v) is 28.1. The second-order valence-electron chi connectivity index (χ2n) is 39.8. The molecule has 12 aromatic carbocycles. The molecule has 8 heterocycles. The predicted octanol–water partition coefficient (Wildman–Crippen LogP) is 31.0. The SMILES string of the molecule is CCCCCCCCCCCCc1cc(C)cc(-n2n3c4ccc(Cl)cc4n23)c1O.CCCCCCCCOC(=O)CCc1cc(C2n3c4ccc(Cl)cc4n32)c(O)c(C(C)(C)C)c1.CCCCOc1ccc(-c2nc(-c3ccc(C)cc3O)nc(-c3ccc(C)cc3O)n2)c(C)c1.Cc1cc(-n2n3c4ccc(Cl)cc4n23)c(O)c(C(C)(C)C)c1.Oc1ccccc1-c1nc2cc(-c3ccccc3)ccc2s1. The van der Waals surface area contributed by atoms with Gasteiger partial charge in [-0.25, -0.2) is 19.9 Å². The first-order valence-electron chi connectivity index (χ1n) is 50.1. The highest BCUT2D eigenvalue weighted by Crippen LogP contribution is 2.50. The molecular formula is C117H131Cl3N12O9S. The Bertz CT molecular complexity index is 7520. The minimum absolute atomic E-state index is 0.0332.